The molecule has 0 radical (unpaired) electrons. The first-order valence-corrected chi connectivity index (χ1v) is 23.4. The molecule has 5 heterocycles. The number of imidazole rings is 1. The number of furan rings is 3. The van der Waals surface area contributed by atoms with Crippen LogP contribution in [-0.2, 0) is 10.8 Å². The van der Waals surface area contributed by atoms with E-state index >= 15 is 0 Å². The highest BCUT2D eigenvalue weighted by molar-refractivity contribution is 6.13. The molecule has 1 aliphatic rings. The summed E-state index contributed by atoms with van der Waals surface area (Å²) in [7, 11) is 0. The third kappa shape index (κ3) is 5.68. The smallest absolute Gasteiger partial charge is 0.146 e. The zero-order chi connectivity index (χ0) is 46.3. The first-order chi connectivity index (χ1) is 33.6. The molecular formula is C62H43N3O4. The Kier molecular flexibility index (Phi) is 8.11. The Morgan fingerprint density at radius 3 is 1.90 bits per heavy atom. The third-order valence-electron chi connectivity index (χ3n) is 15.3. The van der Waals surface area contributed by atoms with E-state index in [1.807, 2.05) is 54.6 Å². The Morgan fingerprint density at radius 1 is 0.449 bits per heavy atom. The molecule has 1 aliphatic carbocycles. The fourth-order valence-electron chi connectivity index (χ4n) is 11.1. The van der Waals surface area contributed by atoms with Crippen molar-refractivity contribution in [3.63, 3.8) is 0 Å². The molecule has 5 aromatic heterocycles. The molecule has 0 saturated carbocycles. The van der Waals surface area contributed by atoms with Crippen LogP contribution in [0.15, 0.2) is 195 Å². The number of aromatic nitrogens is 3. The average Bonchev–Trinajstić information content (AvgIpc) is 4.17. The summed E-state index contributed by atoms with van der Waals surface area (Å²) in [6.45, 7) is 9.15. The second-order valence-electron chi connectivity index (χ2n) is 19.5. The van der Waals surface area contributed by atoms with Gasteiger partial charge in [0, 0.05) is 61.1 Å². The van der Waals surface area contributed by atoms with Gasteiger partial charge in [-0.1, -0.05) is 131 Å². The number of benzene rings is 8. The predicted molar refractivity (Wildman–Crippen MR) is 278 cm³/mol. The van der Waals surface area contributed by atoms with Gasteiger partial charge in [0.1, 0.15) is 50.8 Å². The van der Waals surface area contributed by atoms with Gasteiger partial charge in [0.2, 0.25) is 0 Å². The number of rotatable bonds is 5. The summed E-state index contributed by atoms with van der Waals surface area (Å²) in [6, 6.07) is 60.2. The maximum absolute atomic E-state index is 11.9. The fourth-order valence-corrected chi connectivity index (χ4v) is 11.1. The van der Waals surface area contributed by atoms with Gasteiger partial charge in [0.15, 0.2) is 0 Å². The van der Waals surface area contributed by atoms with Crippen molar-refractivity contribution in [2.75, 3.05) is 0 Å². The van der Waals surface area contributed by atoms with E-state index in [0.29, 0.717) is 11.4 Å². The number of phenols is 1. The van der Waals surface area contributed by atoms with Crippen LogP contribution in [0.4, 0.5) is 0 Å². The highest BCUT2D eigenvalue weighted by Crippen LogP contribution is 2.58. The van der Waals surface area contributed by atoms with Crippen molar-refractivity contribution in [2.45, 2.75) is 38.5 Å². The van der Waals surface area contributed by atoms with Crippen molar-refractivity contribution in [1.82, 2.24) is 14.5 Å². The van der Waals surface area contributed by atoms with E-state index in [0.717, 1.165) is 128 Å². The monoisotopic (exact) mass is 893 g/mol. The van der Waals surface area contributed by atoms with Gasteiger partial charge in [0.25, 0.3) is 0 Å². The molecule has 0 fully saturated rings. The number of hydrogen-bond acceptors (Lipinski definition) is 6. The molecule has 0 bridgehead atoms. The zero-order valence-corrected chi connectivity index (χ0v) is 38.3. The van der Waals surface area contributed by atoms with E-state index in [1.165, 1.54) is 0 Å². The Balaban J connectivity index is 1.06. The second-order valence-corrected chi connectivity index (χ2v) is 19.5. The molecule has 13 aromatic rings. The molecule has 0 aliphatic heterocycles. The minimum atomic E-state index is -0.430. The van der Waals surface area contributed by atoms with E-state index in [1.54, 1.807) is 6.07 Å². The molecule has 0 amide bonds. The number of nitrogens with zero attached hydrogens (tertiary/aromatic N) is 3. The van der Waals surface area contributed by atoms with Gasteiger partial charge in [-0.05, 0) is 106 Å². The Morgan fingerprint density at radius 2 is 1.09 bits per heavy atom. The topological polar surface area (TPSA) is 90.4 Å². The van der Waals surface area contributed by atoms with Crippen molar-refractivity contribution in [3.05, 3.63) is 193 Å². The van der Waals surface area contributed by atoms with Crippen LogP contribution in [0.1, 0.15) is 38.8 Å². The fraction of sp³-hybridized carbons (Fsp3) is 0.0968. The van der Waals surface area contributed by atoms with Crippen molar-refractivity contribution in [3.8, 4) is 67.7 Å². The zero-order valence-electron chi connectivity index (χ0n) is 38.3. The molecule has 14 rings (SSSR count). The van der Waals surface area contributed by atoms with Crippen molar-refractivity contribution in [1.29, 1.82) is 0 Å². The lowest BCUT2D eigenvalue weighted by atomic mass is 9.55. The van der Waals surface area contributed by atoms with Crippen molar-refractivity contribution < 1.29 is 18.4 Å². The molecule has 0 spiro atoms. The van der Waals surface area contributed by atoms with E-state index < -0.39 is 5.41 Å². The van der Waals surface area contributed by atoms with Crippen LogP contribution in [0.2, 0.25) is 0 Å². The summed E-state index contributed by atoms with van der Waals surface area (Å²) >= 11 is 0. The molecule has 1 N–H and O–H groups in total. The number of phenolic OH excluding ortho intramolecular Hbond substituents is 1. The highest BCUT2D eigenvalue weighted by Gasteiger charge is 2.49. The molecule has 0 saturated heterocycles. The molecule has 7 heteroatoms. The largest absolute Gasteiger partial charge is 0.507 e. The van der Waals surface area contributed by atoms with Crippen LogP contribution in [0, 0.1) is 0 Å². The van der Waals surface area contributed by atoms with E-state index in [9.17, 15) is 5.11 Å². The quantitative estimate of drug-likeness (QED) is 0.185. The molecule has 8 aromatic carbocycles. The third-order valence-corrected chi connectivity index (χ3v) is 15.3. The first kappa shape index (κ1) is 39.5. The minimum absolute atomic E-state index is 0.197. The number of pyridine rings is 1. The van der Waals surface area contributed by atoms with Gasteiger partial charge in [-0.2, -0.15) is 0 Å². The van der Waals surface area contributed by atoms with E-state index in [-0.39, 0.29) is 11.2 Å². The van der Waals surface area contributed by atoms with Gasteiger partial charge in [-0.3, -0.25) is 4.57 Å². The molecular weight excluding hydrogens is 851 g/mol. The summed E-state index contributed by atoms with van der Waals surface area (Å²) in [5.41, 5.74) is 15.0. The molecule has 69 heavy (non-hydrogen) atoms. The molecule has 330 valence electrons. The van der Waals surface area contributed by atoms with Crippen molar-refractivity contribution in [2.24, 2.45) is 0 Å². The SMILES string of the molecule is CC1(C)c2cccc(O)c2-c2nc(-c3cn(-c4ccc5c(c4)oc4ccccc45)c(-c4cccc5oc6ccc(-c7ccccc7)cc6c45)n3)cc(-c3ccc4oc5ccccc5c4c3)c2C1(C)C. The van der Waals surface area contributed by atoms with Crippen molar-refractivity contribution >= 4 is 65.8 Å². The van der Waals surface area contributed by atoms with Crippen LogP contribution in [0.5, 0.6) is 5.75 Å². The van der Waals surface area contributed by atoms with Crippen LogP contribution in [-0.4, -0.2) is 19.6 Å². The number of aromatic hydroxyl groups is 1. The molecule has 0 atom stereocenters. The predicted octanol–water partition coefficient (Wildman–Crippen LogP) is 16.6. The Hall–Kier alpha value is -8.68. The normalized spacial score (nSPS) is 14.1. The summed E-state index contributed by atoms with van der Waals surface area (Å²) < 4.78 is 21.6. The number of fused-ring (bicyclic) bond motifs is 12. The number of hydrogen-bond donors (Lipinski definition) is 1. The van der Waals surface area contributed by atoms with E-state index in [4.69, 9.17) is 23.2 Å². The molecule has 7 nitrogen and oxygen atoms in total. The van der Waals surface area contributed by atoms with Crippen LogP contribution in [0.3, 0.4) is 0 Å². The van der Waals surface area contributed by atoms with Crippen LogP contribution in [0.25, 0.3) is 128 Å². The average molecular weight is 894 g/mol. The van der Waals surface area contributed by atoms with Crippen LogP contribution < -0.4 is 0 Å². The molecule has 0 unspecified atom stereocenters. The highest BCUT2D eigenvalue weighted by atomic mass is 16.3. The maximum Gasteiger partial charge on any atom is 0.146 e. The maximum atomic E-state index is 11.9. The van der Waals surface area contributed by atoms with Gasteiger partial charge in [-0.25, -0.2) is 9.97 Å². The first-order valence-electron chi connectivity index (χ1n) is 23.4. The van der Waals surface area contributed by atoms with Gasteiger partial charge < -0.3 is 18.4 Å². The van der Waals surface area contributed by atoms with Crippen LogP contribution >= 0.6 is 0 Å². The Labute approximate surface area is 396 Å². The summed E-state index contributed by atoms with van der Waals surface area (Å²) in [6.07, 6.45) is 2.09. The second kappa shape index (κ2) is 14.2. The van der Waals surface area contributed by atoms with Gasteiger partial charge in [0.05, 0.1) is 17.1 Å². The minimum Gasteiger partial charge on any atom is -0.507 e. The lowest BCUT2D eigenvalue weighted by molar-refractivity contribution is 0.297. The van der Waals surface area contributed by atoms with Gasteiger partial charge >= 0.3 is 0 Å². The lowest BCUT2D eigenvalue weighted by Gasteiger charge is -2.48. The standard InChI is InChI=1S/C62H43N3O4/c1-61(2)46-19-13-20-49(66)57(46)59-58(62(61,3)4)43(37-25-29-52-44(31-37)40-17-9-11-22-51(40)67-52)33-47(63-59)48-34-65(38-26-27-41-39-16-8-10-21-50(39)69-55(41)32-38)60(64-48)42-18-12-23-54-56(42)45-30-36(24-28-53(45)68-54)35-14-6-5-7-15-35/h5-34,66H,1-4H3. The van der Waals surface area contributed by atoms with Gasteiger partial charge in [-0.15, -0.1) is 0 Å². The Bertz CT molecular complexity index is 4280. The summed E-state index contributed by atoms with van der Waals surface area (Å²) in [4.78, 5) is 11.2. The number of para-hydroxylation sites is 2. The summed E-state index contributed by atoms with van der Waals surface area (Å²) in [5, 5.41) is 18.1. The van der Waals surface area contributed by atoms with E-state index in [2.05, 4.69) is 154 Å². The lowest BCUT2D eigenvalue weighted by Crippen LogP contribution is -2.44. The summed E-state index contributed by atoms with van der Waals surface area (Å²) in [5.74, 6) is 0.916.